The lowest BCUT2D eigenvalue weighted by Gasteiger charge is -2.22. The van der Waals surface area contributed by atoms with Crippen molar-refractivity contribution in [3.63, 3.8) is 0 Å². The van der Waals surface area contributed by atoms with Crippen molar-refractivity contribution in [2.75, 3.05) is 17.2 Å². The number of hydrogen-bond donors (Lipinski definition) is 0. The Bertz CT molecular complexity index is 1140. The van der Waals surface area contributed by atoms with Gasteiger partial charge < -0.3 is 4.90 Å². The molecule has 3 rings (SSSR count). The second-order valence-corrected chi connectivity index (χ2v) is 8.45. The maximum atomic E-state index is 13.0. The number of halogens is 1. The molecule has 0 bridgehead atoms. The molecule has 0 aliphatic rings. The molecule has 8 heteroatoms. The van der Waals surface area contributed by atoms with Gasteiger partial charge in [0.25, 0.3) is 5.56 Å². The standard InChI is InChI=1S/C22H21BrN4O2S/c1-2-12-27-21(29)18-14-16(23)9-10-19(18)25-22(27)30-15-20(28)26(13-6-11-24)17-7-4-3-5-8-17/h3-5,7-10,14H,2,6,12-13,15H2,1H3. The zero-order valence-corrected chi connectivity index (χ0v) is 18.9. The van der Waals surface area contributed by atoms with E-state index < -0.39 is 0 Å². The lowest BCUT2D eigenvalue weighted by atomic mass is 10.2. The largest absolute Gasteiger partial charge is 0.311 e. The van der Waals surface area contributed by atoms with Gasteiger partial charge in [0.1, 0.15) is 0 Å². The van der Waals surface area contributed by atoms with Gasteiger partial charge in [-0.05, 0) is 36.8 Å². The molecule has 2 aromatic carbocycles. The summed E-state index contributed by atoms with van der Waals surface area (Å²) in [5.41, 5.74) is 1.25. The minimum Gasteiger partial charge on any atom is -0.311 e. The molecule has 0 fully saturated rings. The zero-order valence-electron chi connectivity index (χ0n) is 16.5. The topological polar surface area (TPSA) is 79.0 Å². The summed E-state index contributed by atoms with van der Waals surface area (Å²) < 4.78 is 2.46. The number of rotatable bonds is 8. The molecule has 0 N–H and O–H groups in total. The highest BCUT2D eigenvalue weighted by atomic mass is 79.9. The molecule has 30 heavy (non-hydrogen) atoms. The average molecular weight is 485 g/mol. The fraction of sp³-hybridized carbons (Fsp3) is 0.273. The molecular weight excluding hydrogens is 464 g/mol. The minimum absolute atomic E-state index is 0.109. The van der Waals surface area contributed by atoms with E-state index in [1.54, 1.807) is 21.6 Å². The highest BCUT2D eigenvalue weighted by molar-refractivity contribution is 9.10. The Kier molecular flexibility index (Phi) is 7.66. The van der Waals surface area contributed by atoms with Crippen LogP contribution in [0.2, 0.25) is 0 Å². The smallest absolute Gasteiger partial charge is 0.262 e. The van der Waals surface area contributed by atoms with Crippen LogP contribution in [0.5, 0.6) is 0 Å². The summed E-state index contributed by atoms with van der Waals surface area (Å²) in [6.45, 7) is 2.85. The first-order valence-corrected chi connectivity index (χ1v) is 11.4. The number of hydrogen-bond acceptors (Lipinski definition) is 5. The molecule has 0 saturated carbocycles. The number of carbonyl (C=O) groups excluding carboxylic acids is 1. The van der Waals surface area contributed by atoms with E-state index in [0.29, 0.717) is 29.1 Å². The molecule has 0 unspecified atom stereocenters. The van der Waals surface area contributed by atoms with Crippen molar-refractivity contribution >= 4 is 50.2 Å². The van der Waals surface area contributed by atoms with Crippen LogP contribution in [0.3, 0.4) is 0 Å². The number of fused-ring (bicyclic) bond motifs is 1. The van der Waals surface area contributed by atoms with Gasteiger partial charge in [0, 0.05) is 23.2 Å². The molecule has 0 spiro atoms. The van der Waals surface area contributed by atoms with Gasteiger partial charge >= 0.3 is 0 Å². The first kappa shape index (κ1) is 22.1. The van der Waals surface area contributed by atoms with Gasteiger partial charge in [-0.1, -0.05) is 52.8 Å². The van der Waals surface area contributed by atoms with Crippen LogP contribution in [0, 0.1) is 11.3 Å². The fourth-order valence-corrected chi connectivity index (χ4v) is 4.34. The maximum Gasteiger partial charge on any atom is 0.262 e. The highest BCUT2D eigenvalue weighted by Gasteiger charge is 2.18. The van der Waals surface area contributed by atoms with Crippen molar-refractivity contribution in [2.45, 2.75) is 31.5 Å². The summed E-state index contributed by atoms with van der Waals surface area (Å²) in [5, 5.41) is 10.0. The number of para-hydroxylation sites is 1. The molecule has 154 valence electrons. The van der Waals surface area contributed by atoms with E-state index in [2.05, 4.69) is 27.0 Å². The Hall–Kier alpha value is -2.63. The predicted molar refractivity (Wildman–Crippen MR) is 124 cm³/mol. The number of aromatic nitrogens is 2. The van der Waals surface area contributed by atoms with Crippen LogP contribution in [-0.4, -0.2) is 27.8 Å². The molecule has 0 radical (unpaired) electrons. The van der Waals surface area contributed by atoms with Crippen LogP contribution >= 0.6 is 27.7 Å². The first-order chi connectivity index (χ1) is 14.5. The number of nitrogens with zero attached hydrogens (tertiary/aromatic N) is 4. The molecule has 1 heterocycles. The van der Waals surface area contributed by atoms with E-state index >= 15 is 0 Å². The number of amides is 1. The summed E-state index contributed by atoms with van der Waals surface area (Å²) in [6, 6.07) is 16.8. The van der Waals surface area contributed by atoms with E-state index in [1.807, 2.05) is 43.3 Å². The molecule has 1 aromatic heterocycles. The first-order valence-electron chi connectivity index (χ1n) is 9.60. The van der Waals surface area contributed by atoms with Crippen LogP contribution in [0.25, 0.3) is 10.9 Å². The quantitative estimate of drug-likeness (QED) is 0.344. The lowest BCUT2D eigenvalue weighted by molar-refractivity contribution is -0.116. The molecule has 3 aromatic rings. The van der Waals surface area contributed by atoms with Gasteiger partial charge in [-0.2, -0.15) is 5.26 Å². The van der Waals surface area contributed by atoms with Gasteiger partial charge in [-0.3, -0.25) is 14.2 Å². The van der Waals surface area contributed by atoms with Gasteiger partial charge in [0.15, 0.2) is 5.16 Å². The monoisotopic (exact) mass is 484 g/mol. The maximum absolute atomic E-state index is 13.0. The second kappa shape index (κ2) is 10.4. The number of carbonyl (C=O) groups is 1. The Morgan fingerprint density at radius 3 is 2.73 bits per heavy atom. The van der Waals surface area contributed by atoms with Crippen LogP contribution in [0.1, 0.15) is 19.8 Å². The number of nitriles is 1. The Balaban J connectivity index is 1.88. The van der Waals surface area contributed by atoms with Crippen LogP contribution in [0.15, 0.2) is 63.0 Å². The predicted octanol–water partition coefficient (Wildman–Crippen LogP) is 4.61. The summed E-state index contributed by atoms with van der Waals surface area (Å²) >= 11 is 4.65. The lowest BCUT2D eigenvalue weighted by Crippen LogP contribution is -2.33. The molecular formula is C22H21BrN4O2S. The zero-order chi connectivity index (χ0) is 21.5. The third-order valence-electron chi connectivity index (χ3n) is 4.47. The molecule has 0 saturated heterocycles. The Labute approximate surface area is 187 Å². The molecule has 1 amide bonds. The number of benzene rings is 2. The van der Waals surface area contributed by atoms with Crippen LogP contribution in [0.4, 0.5) is 5.69 Å². The Morgan fingerprint density at radius 2 is 2.03 bits per heavy atom. The second-order valence-electron chi connectivity index (χ2n) is 6.59. The van der Waals surface area contributed by atoms with Crippen LogP contribution < -0.4 is 10.5 Å². The van der Waals surface area contributed by atoms with Crippen molar-refractivity contribution in [1.29, 1.82) is 5.26 Å². The third kappa shape index (κ3) is 5.10. The van der Waals surface area contributed by atoms with Gasteiger partial charge in [0.05, 0.1) is 29.1 Å². The van der Waals surface area contributed by atoms with E-state index in [4.69, 9.17) is 5.26 Å². The van der Waals surface area contributed by atoms with Crippen molar-refractivity contribution in [2.24, 2.45) is 0 Å². The minimum atomic E-state index is -0.130. The molecule has 0 aliphatic heterocycles. The summed E-state index contributed by atoms with van der Waals surface area (Å²) in [6.07, 6.45) is 1.02. The Morgan fingerprint density at radius 1 is 1.27 bits per heavy atom. The fourth-order valence-electron chi connectivity index (χ4n) is 3.08. The average Bonchev–Trinajstić information content (AvgIpc) is 2.76. The van der Waals surface area contributed by atoms with Crippen molar-refractivity contribution in [3.8, 4) is 6.07 Å². The summed E-state index contributed by atoms with van der Waals surface area (Å²) in [4.78, 5) is 32.2. The summed E-state index contributed by atoms with van der Waals surface area (Å²) in [7, 11) is 0. The van der Waals surface area contributed by atoms with Gasteiger partial charge in [-0.15, -0.1) is 0 Å². The number of thioether (sulfide) groups is 1. The third-order valence-corrected chi connectivity index (χ3v) is 5.92. The molecule has 6 nitrogen and oxygen atoms in total. The van der Waals surface area contributed by atoms with Crippen molar-refractivity contribution < 1.29 is 4.79 Å². The normalized spacial score (nSPS) is 10.7. The van der Waals surface area contributed by atoms with Crippen LogP contribution in [-0.2, 0) is 11.3 Å². The summed E-state index contributed by atoms with van der Waals surface area (Å²) in [5.74, 6) is -0.00643. The van der Waals surface area contributed by atoms with E-state index in [1.165, 1.54) is 11.8 Å². The van der Waals surface area contributed by atoms with Gasteiger partial charge in [0.2, 0.25) is 5.91 Å². The van der Waals surface area contributed by atoms with Gasteiger partial charge in [-0.25, -0.2) is 4.98 Å². The van der Waals surface area contributed by atoms with E-state index in [0.717, 1.165) is 16.6 Å². The number of anilines is 1. The SMILES string of the molecule is CCCn1c(SCC(=O)N(CCC#N)c2ccccc2)nc2ccc(Br)cc2c1=O. The van der Waals surface area contributed by atoms with E-state index in [9.17, 15) is 9.59 Å². The van der Waals surface area contributed by atoms with Crippen molar-refractivity contribution in [3.05, 3.63) is 63.4 Å². The van der Waals surface area contributed by atoms with E-state index in [-0.39, 0.29) is 23.6 Å². The van der Waals surface area contributed by atoms with Crippen molar-refractivity contribution in [1.82, 2.24) is 9.55 Å². The molecule has 0 atom stereocenters. The molecule has 0 aliphatic carbocycles. The highest BCUT2D eigenvalue weighted by Crippen LogP contribution is 2.22.